The van der Waals surface area contributed by atoms with Crippen molar-refractivity contribution in [1.29, 1.82) is 0 Å². The fourth-order valence-corrected chi connectivity index (χ4v) is 3.71. The minimum Gasteiger partial charge on any atom is -0.342 e. The van der Waals surface area contributed by atoms with Crippen LogP contribution in [-0.4, -0.2) is 44.8 Å². The molecule has 6 nitrogen and oxygen atoms in total. The predicted octanol–water partition coefficient (Wildman–Crippen LogP) is 2.85. The van der Waals surface area contributed by atoms with Crippen molar-refractivity contribution in [3.63, 3.8) is 0 Å². The lowest BCUT2D eigenvalue weighted by Crippen LogP contribution is -2.40. The molecule has 1 saturated carbocycles. The highest BCUT2D eigenvalue weighted by Crippen LogP contribution is 2.50. The Labute approximate surface area is 158 Å². The number of aromatic nitrogens is 3. The van der Waals surface area contributed by atoms with Crippen LogP contribution in [0.1, 0.15) is 30.9 Å². The van der Waals surface area contributed by atoms with Crippen LogP contribution in [0.4, 0.5) is 8.78 Å². The quantitative estimate of drug-likeness (QED) is 0.868. The Morgan fingerprint density at radius 2 is 1.89 bits per heavy atom. The topological polar surface area (TPSA) is 79.0 Å². The highest BCUT2D eigenvalue weighted by Gasteiger charge is 2.62. The van der Waals surface area contributed by atoms with Crippen molar-refractivity contribution < 1.29 is 13.6 Å². The first-order valence-electron chi connectivity index (χ1n) is 8.73. The Morgan fingerprint density at radius 1 is 1.26 bits per heavy atom. The Kier molecular flexibility index (Phi) is 4.46. The van der Waals surface area contributed by atoms with Crippen molar-refractivity contribution in [2.75, 3.05) is 13.1 Å². The molecule has 1 N–H and O–H groups in total. The molecule has 4 rings (SSSR count). The smallest absolute Gasteiger partial charge is 0.270 e. The van der Waals surface area contributed by atoms with E-state index in [1.54, 1.807) is 24.5 Å². The number of H-pyrrole nitrogens is 1. The number of hydrogen-bond acceptors (Lipinski definition) is 4. The van der Waals surface area contributed by atoms with Gasteiger partial charge in [-0.3, -0.25) is 14.6 Å². The fourth-order valence-electron chi connectivity index (χ4n) is 3.47. The van der Waals surface area contributed by atoms with E-state index < -0.39 is 23.3 Å². The van der Waals surface area contributed by atoms with Crippen molar-refractivity contribution in [1.82, 2.24) is 19.9 Å². The van der Waals surface area contributed by atoms with Crippen LogP contribution in [0, 0.1) is 5.92 Å². The molecule has 9 heteroatoms. The van der Waals surface area contributed by atoms with Gasteiger partial charge in [0.25, 0.3) is 11.5 Å². The van der Waals surface area contributed by atoms with Crippen LogP contribution in [0.2, 0.25) is 5.02 Å². The molecule has 0 radical (unpaired) electrons. The molecular formula is C18H17ClF2N4O2. The van der Waals surface area contributed by atoms with Crippen molar-refractivity contribution >= 4 is 17.5 Å². The highest BCUT2D eigenvalue weighted by molar-refractivity contribution is 6.31. The summed E-state index contributed by atoms with van der Waals surface area (Å²) in [6.45, 7) is 0.705. The molecule has 0 bridgehead atoms. The van der Waals surface area contributed by atoms with Gasteiger partial charge in [-0.2, -0.15) is 0 Å². The molecule has 1 atom stereocenters. The molecule has 1 aliphatic carbocycles. The second-order valence-corrected chi connectivity index (χ2v) is 7.34. The van der Waals surface area contributed by atoms with E-state index in [0.29, 0.717) is 43.0 Å². The number of hydrogen-bond donors (Lipinski definition) is 1. The van der Waals surface area contributed by atoms with Gasteiger partial charge in [0, 0.05) is 43.4 Å². The number of amides is 1. The van der Waals surface area contributed by atoms with Gasteiger partial charge in [-0.25, -0.2) is 13.8 Å². The van der Waals surface area contributed by atoms with Gasteiger partial charge in [0.2, 0.25) is 5.91 Å². The molecule has 1 unspecified atom stereocenters. The second-order valence-electron chi connectivity index (χ2n) is 6.97. The van der Waals surface area contributed by atoms with Crippen LogP contribution in [0.15, 0.2) is 29.3 Å². The highest BCUT2D eigenvalue weighted by atomic mass is 35.5. The van der Waals surface area contributed by atoms with Gasteiger partial charge in [0.1, 0.15) is 16.8 Å². The van der Waals surface area contributed by atoms with E-state index in [4.69, 9.17) is 11.6 Å². The first-order chi connectivity index (χ1) is 12.9. The number of nitrogens with zero attached hydrogens (tertiary/aromatic N) is 3. The van der Waals surface area contributed by atoms with E-state index in [1.807, 2.05) is 0 Å². The minimum absolute atomic E-state index is 0.0336. The molecule has 142 valence electrons. The van der Waals surface area contributed by atoms with Gasteiger partial charge in [0.15, 0.2) is 0 Å². The fraction of sp³-hybridized carbons (Fsp3) is 0.444. The first kappa shape index (κ1) is 18.0. The van der Waals surface area contributed by atoms with Gasteiger partial charge < -0.3 is 9.88 Å². The maximum absolute atomic E-state index is 13.1. The van der Waals surface area contributed by atoms with E-state index in [-0.39, 0.29) is 17.4 Å². The number of piperidine rings is 1. The monoisotopic (exact) mass is 394 g/mol. The number of halogens is 3. The molecule has 3 heterocycles. The summed E-state index contributed by atoms with van der Waals surface area (Å²) >= 11 is 6.18. The lowest BCUT2D eigenvalue weighted by molar-refractivity contribution is -0.135. The van der Waals surface area contributed by atoms with Gasteiger partial charge >= 0.3 is 0 Å². The third-order valence-electron chi connectivity index (χ3n) is 5.16. The molecule has 1 amide bonds. The van der Waals surface area contributed by atoms with E-state index in [0.717, 1.165) is 0 Å². The van der Waals surface area contributed by atoms with Crippen LogP contribution < -0.4 is 5.56 Å². The normalized spacial score (nSPS) is 21.9. The van der Waals surface area contributed by atoms with E-state index in [9.17, 15) is 18.4 Å². The first-order valence-corrected chi connectivity index (χ1v) is 9.11. The van der Waals surface area contributed by atoms with E-state index in [1.165, 1.54) is 4.90 Å². The summed E-state index contributed by atoms with van der Waals surface area (Å²) in [7, 11) is 0. The summed E-state index contributed by atoms with van der Waals surface area (Å²) < 4.78 is 26.3. The summed E-state index contributed by atoms with van der Waals surface area (Å²) in [5, 5.41) is 0.0336. The zero-order chi connectivity index (χ0) is 19.2. The standard InChI is InChI=1S/C18H17ClF2N4O2/c19-13-14(23-15(24-16(13)26)11-1-5-22-6-2-11)10-3-7-25(8-4-10)17(27)12-9-18(12,20)21/h1-2,5-6,10,12H,3-4,7-9H2,(H,23,24,26). The molecule has 2 fully saturated rings. The SMILES string of the molecule is O=C(C1CC1(F)F)N1CCC(c2nc(-c3ccncc3)[nH]c(=O)c2Cl)CC1. The maximum atomic E-state index is 13.1. The largest absolute Gasteiger partial charge is 0.342 e. The molecule has 1 aliphatic heterocycles. The van der Waals surface area contributed by atoms with Gasteiger partial charge in [-0.05, 0) is 25.0 Å². The molecule has 0 spiro atoms. The number of nitrogens with one attached hydrogen (secondary N) is 1. The number of carbonyl (C=O) groups excluding carboxylic acids is 1. The maximum Gasteiger partial charge on any atom is 0.270 e. The van der Waals surface area contributed by atoms with E-state index >= 15 is 0 Å². The molecule has 1 saturated heterocycles. The van der Waals surface area contributed by atoms with E-state index in [2.05, 4.69) is 15.0 Å². The van der Waals surface area contributed by atoms with Gasteiger partial charge in [-0.15, -0.1) is 0 Å². The number of rotatable bonds is 3. The summed E-state index contributed by atoms with van der Waals surface area (Å²) in [5.74, 6) is -4.22. The molecular weight excluding hydrogens is 378 g/mol. The minimum atomic E-state index is -2.86. The second kappa shape index (κ2) is 6.67. The summed E-state index contributed by atoms with van der Waals surface area (Å²) in [6, 6.07) is 3.46. The lowest BCUT2D eigenvalue weighted by atomic mass is 9.92. The van der Waals surface area contributed by atoms with Crippen LogP contribution in [0.25, 0.3) is 11.4 Å². The van der Waals surface area contributed by atoms with Crippen molar-refractivity contribution in [2.24, 2.45) is 5.92 Å². The number of likely N-dealkylation sites (tertiary alicyclic amines) is 1. The predicted molar refractivity (Wildman–Crippen MR) is 94.7 cm³/mol. The molecule has 27 heavy (non-hydrogen) atoms. The zero-order valence-corrected chi connectivity index (χ0v) is 15.0. The van der Waals surface area contributed by atoms with Crippen LogP contribution in [0.3, 0.4) is 0 Å². The summed E-state index contributed by atoms with van der Waals surface area (Å²) in [6.07, 6.45) is 3.89. The molecule has 2 aliphatic rings. The average Bonchev–Trinajstić information content (AvgIpc) is 3.32. The third kappa shape index (κ3) is 3.45. The molecule has 2 aromatic heterocycles. The summed E-state index contributed by atoms with van der Waals surface area (Å²) in [5.41, 5.74) is 0.768. The number of pyridine rings is 1. The van der Waals surface area contributed by atoms with Crippen molar-refractivity contribution in [2.45, 2.75) is 31.1 Å². The Balaban J connectivity index is 1.52. The number of alkyl halides is 2. The Hall–Kier alpha value is -2.35. The number of aromatic amines is 1. The van der Waals surface area contributed by atoms with Crippen LogP contribution in [0.5, 0.6) is 0 Å². The zero-order valence-electron chi connectivity index (χ0n) is 14.3. The van der Waals surface area contributed by atoms with Crippen LogP contribution >= 0.6 is 11.6 Å². The summed E-state index contributed by atoms with van der Waals surface area (Å²) in [4.78, 5) is 37.0. The number of carbonyl (C=O) groups is 1. The van der Waals surface area contributed by atoms with Crippen molar-refractivity contribution in [3.8, 4) is 11.4 Å². The van der Waals surface area contributed by atoms with Crippen molar-refractivity contribution in [3.05, 3.63) is 45.6 Å². The third-order valence-corrected chi connectivity index (χ3v) is 5.52. The molecule has 0 aromatic carbocycles. The van der Waals surface area contributed by atoms with Gasteiger partial charge in [0.05, 0.1) is 5.69 Å². The Bertz CT molecular complexity index is 927. The average molecular weight is 395 g/mol. The Morgan fingerprint density at radius 3 is 2.48 bits per heavy atom. The van der Waals surface area contributed by atoms with Gasteiger partial charge in [-0.1, -0.05) is 11.6 Å². The molecule has 2 aromatic rings. The van der Waals surface area contributed by atoms with Crippen LogP contribution in [-0.2, 0) is 4.79 Å². The lowest BCUT2D eigenvalue weighted by Gasteiger charge is -2.32.